The van der Waals surface area contributed by atoms with Crippen molar-refractivity contribution in [3.63, 3.8) is 0 Å². The van der Waals surface area contributed by atoms with E-state index in [4.69, 9.17) is 11.6 Å². The molecule has 3 N–H and O–H groups in total. The third-order valence-electron chi connectivity index (χ3n) is 6.08. The molecular weight excluding hydrogens is 502 g/mol. The molecule has 0 fully saturated rings. The van der Waals surface area contributed by atoms with Crippen molar-refractivity contribution in [1.82, 2.24) is 10.2 Å². The van der Waals surface area contributed by atoms with Crippen molar-refractivity contribution >= 4 is 57.7 Å². The highest BCUT2D eigenvalue weighted by Crippen LogP contribution is 2.39. The van der Waals surface area contributed by atoms with Gasteiger partial charge < -0.3 is 25.8 Å². The van der Waals surface area contributed by atoms with Gasteiger partial charge in [0.15, 0.2) is 0 Å². The highest BCUT2D eigenvalue weighted by molar-refractivity contribution is 6.38. The van der Waals surface area contributed by atoms with Gasteiger partial charge in [0, 0.05) is 42.5 Å². The molecule has 0 atom stereocenters. The molecule has 1 heterocycles. The smallest absolute Gasteiger partial charge is 0.258 e. The van der Waals surface area contributed by atoms with E-state index in [9.17, 15) is 14.4 Å². The number of halogens is 1. The number of hydrogen-bond acceptors (Lipinski definition) is 5. The van der Waals surface area contributed by atoms with Crippen LogP contribution in [0.25, 0.3) is 11.3 Å². The first-order valence-corrected chi connectivity index (χ1v) is 12.5. The molecule has 1 aliphatic heterocycles. The van der Waals surface area contributed by atoms with Gasteiger partial charge in [-0.1, -0.05) is 35.9 Å². The lowest BCUT2D eigenvalue weighted by Crippen LogP contribution is -2.34. The van der Waals surface area contributed by atoms with Crippen molar-refractivity contribution < 1.29 is 14.4 Å². The summed E-state index contributed by atoms with van der Waals surface area (Å²) in [4.78, 5) is 40.5. The van der Waals surface area contributed by atoms with Gasteiger partial charge in [-0.2, -0.15) is 0 Å². The van der Waals surface area contributed by atoms with Crippen LogP contribution in [0, 0.1) is 0 Å². The average Bonchev–Trinajstić information content (AvgIpc) is 3.20. The Balaban J connectivity index is 1.73. The van der Waals surface area contributed by atoms with E-state index in [2.05, 4.69) is 16.0 Å². The van der Waals surface area contributed by atoms with E-state index in [1.165, 1.54) is 6.92 Å². The topological polar surface area (TPSA) is 93.8 Å². The van der Waals surface area contributed by atoms with E-state index in [1.54, 1.807) is 24.1 Å². The number of carbonyl (C=O) groups is 3. The van der Waals surface area contributed by atoms with Crippen LogP contribution in [0.1, 0.15) is 23.6 Å². The molecule has 0 unspecified atom stereocenters. The van der Waals surface area contributed by atoms with Gasteiger partial charge in [-0.05, 0) is 67.7 Å². The molecule has 0 saturated carbocycles. The molecule has 196 valence electrons. The third kappa shape index (κ3) is 6.22. The second kappa shape index (κ2) is 11.5. The minimum Gasteiger partial charge on any atom is -0.354 e. The van der Waals surface area contributed by atoms with Crippen molar-refractivity contribution in [2.45, 2.75) is 13.5 Å². The van der Waals surface area contributed by atoms with Gasteiger partial charge in [0.2, 0.25) is 11.8 Å². The predicted molar refractivity (Wildman–Crippen MR) is 153 cm³/mol. The molecule has 0 saturated heterocycles. The number of carbonyl (C=O) groups excluding carboxylic acids is 3. The summed E-state index contributed by atoms with van der Waals surface area (Å²) in [5.41, 5.74) is 5.64. The number of anilines is 3. The standard InChI is InChI=1S/C29H30ClN5O3/c1-18(36)31-16-19-6-5-7-20(14-19)28(27-24-13-8-21(30)15-25(24)33-29(27)38)32-22-9-11-23(12-10-22)35(4)26(37)17-34(2)3/h5-15,32H,16-17H2,1-4H3,(H,31,36)(H,33,38)/b28-27-. The number of benzene rings is 3. The van der Waals surface area contributed by atoms with Crippen LogP contribution in [0.3, 0.4) is 0 Å². The Hall–Kier alpha value is -4.14. The molecule has 8 nitrogen and oxygen atoms in total. The molecule has 9 heteroatoms. The Morgan fingerprint density at radius 1 is 0.974 bits per heavy atom. The third-order valence-corrected chi connectivity index (χ3v) is 6.32. The highest BCUT2D eigenvalue weighted by atomic mass is 35.5. The lowest BCUT2D eigenvalue weighted by atomic mass is 9.98. The van der Waals surface area contributed by atoms with Gasteiger partial charge in [0.05, 0.1) is 23.5 Å². The number of nitrogens with one attached hydrogen (secondary N) is 3. The summed E-state index contributed by atoms with van der Waals surface area (Å²) < 4.78 is 0. The molecule has 4 rings (SSSR count). The quantitative estimate of drug-likeness (QED) is 0.374. The molecule has 0 aromatic heterocycles. The molecule has 38 heavy (non-hydrogen) atoms. The van der Waals surface area contributed by atoms with Gasteiger partial charge >= 0.3 is 0 Å². The molecule has 0 spiro atoms. The zero-order chi connectivity index (χ0) is 27.4. The van der Waals surface area contributed by atoms with Gasteiger partial charge in [-0.15, -0.1) is 0 Å². The van der Waals surface area contributed by atoms with Crippen LogP contribution in [-0.2, 0) is 20.9 Å². The summed E-state index contributed by atoms with van der Waals surface area (Å²) in [5.74, 6) is -0.391. The maximum atomic E-state index is 13.2. The van der Waals surface area contributed by atoms with E-state index in [0.717, 1.165) is 28.1 Å². The summed E-state index contributed by atoms with van der Waals surface area (Å²) in [5, 5.41) is 9.67. The van der Waals surface area contributed by atoms with Crippen LogP contribution in [0.2, 0.25) is 5.02 Å². The fourth-order valence-electron chi connectivity index (χ4n) is 4.17. The SMILES string of the molecule is CC(=O)NCc1cccc(/C(Nc2ccc(N(C)C(=O)CN(C)C)cc2)=C2/C(=O)Nc3cc(Cl)ccc32)c1. The predicted octanol–water partition coefficient (Wildman–Crippen LogP) is 4.43. The summed E-state index contributed by atoms with van der Waals surface area (Å²) in [7, 11) is 5.45. The van der Waals surface area contributed by atoms with Gasteiger partial charge in [-0.3, -0.25) is 14.4 Å². The minimum absolute atomic E-state index is 0.0209. The summed E-state index contributed by atoms with van der Waals surface area (Å²) in [6.07, 6.45) is 0. The van der Waals surface area contributed by atoms with Crippen molar-refractivity contribution in [2.75, 3.05) is 43.2 Å². The van der Waals surface area contributed by atoms with E-state index in [-0.39, 0.29) is 17.7 Å². The summed E-state index contributed by atoms with van der Waals surface area (Å²) in [6, 6.07) is 20.4. The van der Waals surface area contributed by atoms with E-state index in [1.807, 2.05) is 73.6 Å². The lowest BCUT2D eigenvalue weighted by Gasteiger charge is -2.20. The Kier molecular flexibility index (Phi) is 8.14. The Bertz CT molecular complexity index is 1420. The summed E-state index contributed by atoms with van der Waals surface area (Å²) >= 11 is 6.17. The van der Waals surface area contributed by atoms with Gasteiger partial charge in [-0.25, -0.2) is 0 Å². The second-order valence-corrected chi connectivity index (χ2v) is 9.80. The van der Waals surface area contributed by atoms with Crippen molar-refractivity contribution in [3.05, 3.63) is 88.4 Å². The first kappa shape index (κ1) is 26.9. The largest absolute Gasteiger partial charge is 0.354 e. The van der Waals surface area contributed by atoms with Gasteiger partial charge in [0.1, 0.15) is 0 Å². The molecule has 3 aromatic rings. The first-order valence-electron chi connectivity index (χ1n) is 12.1. The second-order valence-electron chi connectivity index (χ2n) is 9.37. The fourth-order valence-corrected chi connectivity index (χ4v) is 4.34. The molecule has 1 aliphatic rings. The molecule has 3 amide bonds. The van der Waals surface area contributed by atoms with Crippen LogP contribution in [0.5, 0.6) is 0 Å². The van der Waals surface area contributed by atoms with Crippen LogP contribution >= 0.6 is 11.6 Å². The molecule has 0 bridgehead atoms. The zero-order valence-electron chi connectivity index (χ0n) is 21.8. The van der Waals surface area contributed by atoms with Crippen LogP contribution < -0.4 is 20.9 Å². The maximum Gasteiger partial charge on any atom is 0.258 e. The van der Waals surface area contributed by atoms with Crippen LogP contribution in [0.15, 0.2) is 66.7 Å². The highest BCUT2D eigenvalue weighted by Gasteiger charge is 2.29. The van der Waals surface area contributed by atoms with Crippen molar-refractivity contribution in [3.8, 4) is 0 Å². The Labute approximate surface area is 227 Å². The first-order chi connectivity index (χ1) is 18.1. The minimum atomic E-state index is -0.248. The average molecular weight is 532 g/mol. The normalized spacial score (nSPS) is 13.6. The number of fused-ring (bicyclic) bond motifs is 1. The zero-order valence-corrected chi connectivity index (χ0v) is 22.5. The molecule has 0 radical (unpaired) electrons. The number of nitrogens with zero attached hydrogens (tertiary/aromatic N) is 2. The molecular formula is C29H30ClN5O3. The summed E-state index contributed by atoms with van der Waals surface area (Å²) in [6.45, 7) is 2.14. The Morgan fingerprint density at radius 2 is 1.71 bits per heavy atom. The number of amides is 3. The Morgan fingerprint density at radius 3 is 2.39 bits per heavy atom. The lowest BCUT2D eigenvalue weighted by molar-refractivity contribution is -0.119. The molecule has 0 aliphatic carbocycles. The van der Waals surface area contributed by atoms with E-state index < -0.39 is 0 Å². The van der Waals surface area contributed by atoms with E-state index in [0.29, 0.717) is 35.1 Å². The number of rotatable bonds is 8. The number of hydrogen-bond donors (Lipinski definition) is 3. The van der Waals surface area contributed by atoms with Crippen LogP contribution in [0.4, 0.5) is 17.1 Å². The molecule has 3 aromatic carbocycles. The van der Waals surface area contributed by atoms with Crippen LogP contribution in [-0.4, -0.2) is 50.3 Å². The van der Waals surface area contributed by atoms with Crippen molar-refractivity contribution in [1.29, 1.82) is 0 Å². The van der Waals surface area contributed by atoms with Crippen molar-refractivity contribution in [2.24, 2.45) is 0 Å². The van der Waals surface area contributed by atoms with E-state index >= 15 is 0 Å². The maximum absolute atomic E-state index is 13.2. The monoisotopic (exact) mass is 531 g/mol. The fraction of sp³-hybridized carbons (Fsp3) is 0.207. The number of likely N-dealkylation sites (N-methyl/N-ethyl adjacent to an activating group) is 2. The van der Waals surface area contributed by atoms with Gasteiger partial charge in [0.25, 0.3) is 5.91 Å².